The summed E-state index contributed by atoms with van der Waals surface area (Å²) in [4.78, 5) is 17.9. The number of primary amides is 1. The van der Waals surface area contributed by atoms with Crippen molar-refractivity contribution in [2.24, 2.45) is 10.7 Å². The van der Waals surface area contributed by atoms with Gasteiger partial charge in [-0.2, -0.15) is 5.10 Å². The highest BCUT2D eigenvalue weighted by Crippen LogP contribution is 2.14. The fourth-order valence-electron chi connectivity index (χ4n) is 3.32. The molecule has 0 saturated carbocycles. The molecule has 1 aromatic carbocycles. The van der Waals surface area contributed by atoms with E-state index in [2.05, 4.69) is 20.6 Å². The number of piperidine rings is 1. The molecule has 8 nitrogen and oxygen atoms in total. The second-order valence-electron chi connectivity index (χ2n) is 7.13. The number of aliphatic imine (C=N–C) groups is 1. The standard InChI is InChI=1S/C20H28ClN7O.HI/c1-2-23-20(26-17-7-9-27(10-8-17)14-19(22)29)24-11-15-12-25-28(13-15)18-5-3-16(21)4-6-18;/h3-6,12-13,17H,2,7-11,14H2,1H3,(H2,22,29)(H2,23,24,26);1H. The van der Waals surface area contributed by atoms with E-state index >= 15 is 0 Å². The predicted molar refractivity (Wildman–Crippen MR) is 131 cm³/mol. The fraction of sp³-hybridized carbons (Fsp3) is 0.450. The van der Waals surface area contributed by atoms with E-state index in [1.807, 2.05) is 48.3 Å². The molecule has 1 aliphatic heterocycles. The van der Waals surface area contributed by atoms with Crippen LogP contribution in [0.25, 0.3) is 5.69 Å². The van der Waals surface area contributed by atoms with E-state index in [9.17, 15) is 4.79 Å². The van der Waals surface area contributed by atoms with Crippen LogP contribution in [0.2, 0.25) is 5.02 Å². The molecule has 2 aromatic rings. The third-order valence-corrected chi connectivity index (χ3v) is 5.05. The van der Waals surface area contributed by atoms with Crippen molar-refractivity contribution in [1.82, 2.24) is 25.3 Å². The molecule has 1 fully saturated rings. The van der Waals surface area contributed by atoms with E-state index in [1.54, 1.807) is 0 Å². The Kier molecular flexibility index (Phi) is 9.86. The molecule has 0 aliphatic carbocycles. The normalized spacial score (nSPS) is 15.5. The third-order valence-electron chi connectivity index (χ3n) is 4.80. The molecule has 0 radical (unpaired) electrons. The molecule has 2 heterocycles. The van der Waals surface area contributed by atoms with Crippen LogP contribution in [-0.2, 0) is 11.3 Å². The molecule has 3 rings (SSSR count). The summed E-state index contributed by atoms with van der Waals surface area (Å²) in [5.74, 6) is 0.519. The number of nitrogens with two attached hydrogens (primary N) is 1. The van der Waals surface area contributed by atoms with Crippen molar-refractivity contribution in [3.8, 4) is 5.69 Å². The van der Waals surface area contributed by atoms with Gasteiger partial charge >= 0.3 is 0 Å². The number of nitrogens with one attached hydrogen (secondary N) is 2. The Morgan fingerprint density at radius 1 is 1.30 bits per heavy atom. The monoisotopic (exact) mass is 545 g/mol. The first kappa shape index (κ1) is 24.4. The molecule has 0 unspecified atom stereocenters. The van der Waals surface area contributed by atoms with Crippen LogP contribution in [0.15, 0.2) is 41.7 Å². The maximum absolute atomic E-state index is 11.1. The van der Waals surface area contributed by atoms with Gasteiger partial charge in [0.25, 0.3) is 0 Å². The topological polar surface area (TPSA) is 101 Å². The molecule has 0 bridgehead atoms. The molecule has 1 aromatic heterocycles. The van der Waals surface area contributed by atoms with Crippen molar-refractivity contribution >= 4 is 47.4 Å². The molecule has 1 saturated heterocycles. The number of halogens is 2. The zero-order valence-corrected chi connectivity index (χ0v) is 20.1. The number of rotatable bonds is 7. The van der Waals surface area contributed by atoms with Crippen LogP contribution in [0, 0.1) is 0 Å². The van der Waals surface area contributed by atoms with Gasteiger partial charge in [-0.3, -0.25) is 9.69 Å². The van der Waals surface area contributed by atoms with Crippen molar-refractivity contribution in [2.75, 3.05) is 26.2 Å². The minimum absolute atomic E-state index is 0. The highest BCUT2D eigenvalue weighted by Gasteiger charge is 2.20. The van der Waals surface area contributed by atoms with Gasteiger partial charge in [-0.15, -0.1) is 24.0 Å². The lowest BCUT2D eigenvalue weighted by Gasteiger charge is -2.32. The van der Waals surface area contributed by atoms with Gasteiger partial charge in [0.05, 0.1) is 25.0 Å². The largest absolute Gasteiger partial charge is 0.369 e. The summed E-state index contributed by atoms with van der Waals surface area (Å²) in [5.41, 5.74) is 7.26. The van der Waals surface area contributed by atoms with Gasteiger partial charge in [0, 0.05) is 42.5 Å². The molecule has 1 amide bonds. The van der Waals surface area contributed by atoms with Crippen molar-refractivity contribution < 1.29 is 4.79 Å². The number of aromatic nitrogens is 2. The third kappa shape index (κ3) is 7.44. The summed E-state index contributed by atoms with van der Waals surface area (Å²) in [5, 5.41) is 11.9. The smallest absolute Gasteiger partial charge is 0.231 e. The molecule has 4 N–H and O–H groups in total. The Labute approximate surface area is 199 Å². The Hall–Kier alpha value is -1.85. The summed E-state index contributed by atoms with van der Waals surface area (Å²) >= 11 is 5.94. The van der Waals surface area contributed by atoms with Crippen molar-refractivity contribution in [1.29, 1.82) is 0 Å². The van der Waals surface area contributed by atoms with Gasteiger partial charge in [0.15, 0.2) is 5.96 Å². The van der Waals surface area contributed by atoms with E-state index in [-0.39, 0.29) is 29.9 Å². The average molecular weight is 546 g/mol. The first-order valence-corrected chi connectivity index (χ1v) is 10.3. The Balaban J connectivity index is 0.00000320. The van der Waals surface area contributed by atoms with E-state index in [0.717, 1.165) is 49.7 Å². The van der Waals surface area contributed by atoms with Gasteiger partial charge in [-0.05, 0) is 44.0 Å². The number of benzene rings is 1. The lowest BCUT2D eigenvalue weighted by molar-refractivity contribution is -0.119. The van der Waals surface area contributed by atoms with Gasteiger partial charge in [-0.1, -0.05) is 11.6 Å². The van der Waals surface area contributed by atoms with Crippen LogP contribution in [0.5, 0.6) is 0 Å². The summed E-state index contributed by atoms with van der Waals surface area (Å²) in [6, 6.07) is 7.88. The number of hydrogen-bond donors (Lipinski definition) is 3. The maximum Gasteiger partial charge on any atom is 0.231 e. The number of amides is 1. The minimum atomic E-state index is -0.273. The average Bonchev–Trinajstić information content (AvgIpc) is 3.17. The first-order chi connectivity index (χ1) is 14.0. The zero-order chi connectivity index (χ0) is 20.6. The second-order valence-corrected chi connectivity index (χ2v) is 7.56. The van der Waals surface area contributed by atoms with Crippen LogP contribution in [-0.4, -0.2) is 58.8 Å². The number of nitrogens with zero attached hydrogens (tertiary/aromatic N) is 4. The van der Waals surface area contributed by atoms with Crippen LogP contribution in [0.4, 0.5) is 0 Å². The van der Waals surface area contributed by atoms with E-state index in [4.69, 9.17) is 22.3 Å². The summed E-state index contributed by atoms with van der Waals surface area (Å²) in [6.45, 7) is 5.41. The van der Waals surface area contributed by atoms with Crippen LogP contribution in [0.3, 0.4) is 0 Å². The van der Waals surface area contributed by atoms with E-state index in [0.29, 0.717) is 24.2 Å². The van der Waals surface area contributed by atoms with Gasteiger partial charge in [0.1, 0.15) is 0 Å². The van der Waals surface area contributed by atoms with Crippen molar-refractivity contribution in [3.05, 3.63) is 47.2 Å². The predicted octanol–water partition coefficient (Wildman–Crippen LogP) is 2.15. The van der Waals surface area contributed by atoms with Crippen molar-refractivity contribution in [2.45, 2.75) is 32.4 Å². The van der Waals surface area contributed by atoms with Crippen LogP contribution >= 0.6 is 35.6 Å². The maximum atomic E-state index is 11.1. The first-order valence-electron chi connectivity index (χ1n) is 9.88. The van der Waals surface area contributed by atoms with Crippen LogP contribution < -0.4 is 16.4 Å². The van der Waals surface area contributed by atoms with E-state index in [1.165, 1.54) is 0 Å². The minimum Gasteiger partial charge on any atom is -0.369 e. The molecule has 1 aliphatic rings. The van der Waals surface area contributed by atoms with Gasteiger partial charge < -0.3 is 16.4 Å². The SMILES string of the molecule is CCNC(=NCc1cnn(-c2ccc(Cl)cc2)c1)NC1CCN(CC(N)=O)CC1.I. The molecule has 164 valence electrons. The number of guanidine groups is 1. The van der Waals surface area contributed by atoms with Crippen molar-refractivity contribution in [3.63, 3.8) is 0 Å². The number of likely N-dealkylation sites (tertiary alicyclic amines) is 1. The lowest BCUT2D eigenvalue weighted by atomic mass is 10.1. The Morgan fingerprint density at radius 2 is 2.00 bits per heavy atom. The molecule has 0 atom stereocenters. The molecule has 10 heteroatoms. The number of carbonyl (C=O) groups is 1. The molecular formula is C20H29ClIN7O. The summed E-state index contributed by atoms with van der Waals surface area (Å²) in [6.07, 6.45) is 5.70. The molecular weight excluding hydrogens is 517 g/mol. The number of carbonyl (C=O) groups excluding carboxylic acids is 1. The second kappa shape index (κ2) is 12.1. The Bertz CT molecular complexity index is 832. The van der Waals surface area contributed by atoms with Gasteiger partial charge in [0.2, 0.25) is 5.91 Å². The number of hydrogen-bond acceptors (Lipinski definition) is 4. The highest BCUT2D eigenvalue weighted by atomic mass is 127. The molecule has 0 spiro atoms. The molecule has 30 heavy (non-hydrogen) atoms. The summed E-state index contributed by atoms with van der Waals surface area (Å²) in [7, 11) is 0. The fourth-order valence-corrected chi connectivity index (χ4v) is 3.44. The summed E-state index contributed by atoms with van der Waals surface area (Å²) < 4.78 is 1.82. The van der Waals surface area contributed by atoms with Gasteiger partial charge in [-0.25, -0.2) is 9.67 Å². The lowest BCUT2D eigenvalue weighted by Crippen LogP contribution is -2.49. The zero-order valence-electron chi connectivity index (χ0n) is 17.1. The highest BCUT2D eigenvalue weighted by molar-refractivity contribution is 14.0. The van der Waals surface area contributed by atoms with Crippen LogP contribution in [0.1, 0.15) is 25.3 Å². The Morgan fingerprint density at radius 3 is 2.63 bits per heavy atom. The quantitative estimate of drug-likeness (QED) is 0.281. The van der Waals surface area contributed by atoms with E-state index < -0.39 is 0 Å².